The predicted molar refractivity (Wildman–Crippen MR) is 113 cm³/mol. The van der Waals surface area contributed by atoms with Gasteiger partial charge in [-0.2, -0.15) is 0 Å². The molecule has 0 spiro atoms. The smallest absolute Gasteiger partial charge is 0.355 e. The Balaban J connectivity index is 2.19. The van der Waals surface area contributed by atoms with Crippen LogP contribution >= 0.6 is 0 Å². The zero-order valence-corrected chi connectivity index (χ0v) is 17.1. The Labute approximate surface area is 175 Å². The van der Waals surface area contributed by atoms with Gasteiger partial charge in [-0.15, -0.1) is 0 Å². The fourth-order valence-corrected chi connectivity index (χ4v) is 2.51. The molecule has 2 aromatic rings. The molecule has 0 saturated heterocycles. The molecule has 0 saturated carbocycles. The third kappa shape index (κ3) is 6.37. The van der Waals surface area contributed by atoms with E-state index in [1.807, 2.05) is 12.1 Å². The first-order valence-corrected chi connectivity index (χ1v) is 9.29. The summed E-state index contributed by atoms with van der Waals surface area (Å²) in [6, 6.07) is 12.5. The second kappa shape index (κ2) is 11.9. The number of esters is 2. The minimum Gasteiger partial charge on any atom is -0.495 e. The molecule has 30 heavy (non-hydrogen) atoms. The zero-order valence-electron chi connectivity index (χ0n) is 17.1. The molecule has 1 aromatic carbocycles. The van der Waals surface area contributed by atoms with Crippen molar-refractivity contribution in [2.75, 3.05) is 26.1 Å². The van der Waals surface area contributed by atoms with Crippen LogP contribution in [0.25, 0.3) is 0 Å². The minimum absolute atomic E-state index is 0.128. The fraction of sp³-hybridized carbons (Fsp3) is 0.227. The molecule has 0 amide bonds. The summed E-state index contributed by atoms with van der Waals surface area (Å²) in [5.41, 5.74) is 1.33. The van der Waals surface area contributed by atoms with Gasteiger partial charge in [0, 0.05) is 12.4 Å². The van der Waals surface area contributed by atoms with Gasteiger partial charge in [0.1, 0.15) is 17.4 Å². The van der Waals surface area contributed by atoms with Crippen LogP contribution in [0.3, 0.4) is 0 Å². The number of rotatable bonds is 10. The van der Waals surface area contributed by atoms with Gasteiger partial charge in [0.15, 0.2) is 0 Å². The molecule has 0 fully saturated rings. The van der Waals surface area contributed by atoms with Crippen LogP contribution in [-0.4, -0.2) is 37.7 Å². The topological polar surface area (TPSA) is 98.8 Å². The standard InChI is InChI=1S/C22H25N3O5/c1-4-30-21(26)16(17-9-7-8-13-23-17)12-14-24-19(22(27)29-3)15-25-18-10-5-6-11-20(18)28-2/h5-16,24-25H,4H2,1-3H3/b14-12+,19-15+. The van der Waals surface area contributed by atoms with Crippen molar-refractivity contribution in [3.8, 4) is 5.75 Å². The molecule has 1 aromatic heterocycles. The number of aromatic nitrogens is 1. The number of ether oxygens (including phenoxy) is 3. The number of hydrogen-bond donors (Lipinski definition) is 2. The molecule has 158 valence electrons. The molecule has 1 unspecified atom stereocenters. The van der Waals surface area contributed by atoms with Crippen molar-refractivity contribution in [1.82, 2.24) is 10.3 Å². The van der Waals surface area contributed by atoms with Crippen LogP contribution in [0.1, 0.15) is 18.5 Å². The summed E-state index contributed by atoms with van der Waals surface area (Å²) in [5, 5.41) is 5.85. The van der Waals surface area contributed by atoms with E-state index in [1.54, 1.807) is 56.6 Å². The molecule has 2 N–H and O–H groups in total. The van der Waals surface area contributed by atoms with Crippen molar-refractivity contribution < 1.29 is 23.8 Å². The van der Waals surface area contributed by atoms with Gasteiger partial charge in [-0.25, -0.2) is 4.79 Å². The summed E-state index contributed by atoms with van der Waals surface area (Å²) in [5.74, 6) is -1.14. The number of anilines is 1. The maximum Gasteiger partial charge on any atom is 0.355 e. The number of benzene rings is 1. The first kappa shape index (κ1) is 22.5. The minimum atomic E-state index is -0.722. The Bertz CT molecular complexity index is 897. The Morgan fingerprint density at radius 2 is 1.90 bits per heavy atom. The highest BCUT2D eigenvalue weighted by molar-refractivity contribution is 5.88. The highest BCUT2D eigenvalue weighted by atomic mass is 16.5. The molecule has 8 heteroatoms. The molecule has 0 aliphatic rings. The quantitative estimate of drug-likeness (QED) is 0.455. The van der Waals surface area contributed by atoms with Crippen molar-refractivity contribution in [2.45, 2.75) is 12.8 Å². The third-order valence-electron chi connectivity index (χ3n) is 3.96. The first-order chi connectivity index (χ1) is 14.6. The van der Waals surface area contributed by atoms with Crippen molar-refractivity contribution >= 4 is 17.6 Å². The summed E-state index contributed by atoms with van der Waals surface area (Å²) in [4.78, 5) is 28.6. The van der Waals surface area contributed by atoms with Crippen LogP contribution in [0.15, 0.2) is 72.8 Å². The normalized spacial score (nSPS) is 12.2. The molecule has 0 bridgehead atoms. The zero-order chi connectivity index (χ0) is 21.8. The number of methoxy groups -OCH3 is 2. The molecule has 8 nitrogen and oxygen atoms in total. The molecule has 0 radical (unpaired) electrons. The SMILES string of the molecule is CCOC(=O)C(/C=C/N/C(=C/Nc1ccccc1OC)C(=O)OC)c1ccccn1. The fourth-order valence-electron chi connectivity index (χ4n) is 2.51. The molecular weight excluding hydrogens is 386 g/mol. The van der Waals surface area contributed by atoms with E-state index in [1.165, 1.54) is 19.5 Å². The number of pyridine rings is 1. The van der Waals surface area contributed by atoms with Gasteiger partial charge >= 0.3 is 11.9 Å². The first-order valence-electron chi connectivity index (χ1n) is 9.29. The number of carbonyl (C=O) groups excluding carboxylic acids is 2. The van der Waals surface area contributed by atoms with Gasteiger partial charge in [0.2, 0.25) is 0 Å². The summed E-state index contributed by atoms with van der Waals surface area (Å²) < 4.78 is 15.2. The Kier molecular flexibility index (Phi) is 8.92. The van der Waals surface area contributed by atoms with Gasteiger partial charge in [-0.05, 0) is 43.5 Å². The van der Waals surface area contributed by atoms with Gasteiger partial charge in [-0.3, -0.25) is 9.78 Å². The second-order valence-corrected chi connectivity index (χ2v) is 5.88. The predicted octanol–water partition coefficient (Wildman–Crippen LogP) is 2.97. The number of para-hydroxylation sites is 2. The number of nitrogens with one attached hydrogen (secondary N) is 2. The molecule has 0 aliphatic carbocycles. The lowest BCUT2D eigenvalue weighted by Gasteiger charge is -2.12. The molecule has 0 aliphatic heterocycles. The van der Waals surface area contributed by atoms with E-state index in [9.17, 15) is 9.59 Å². The van der Waals surface area contributed by atoms with E-state index in [4.69, 9.17) is 14.2 Å². The molecule has 1 heterocycles. The second-order valence-electron chi connectivity index (χ2n) is 5.88. The lowest BCUT2D eigenvalue weighted by atomic mass is 10.1. The van der Waals surface area contributed by atoms with Crippen LogP contribution in [-0.2, 0) is 19.1 Å². The summed E-state index contributed by atoms with van der Waals surface area (Å²) in [7, 11) is 2.83. The monoisotopic (exact) mass is 411 g/mol. The highest BCUT2D eigenvalue weighted by Gasteiger charge is 2.20. The van der Waals surface area contributed by atoms with Gasteiger partial charge in [-0.1, -0.05) is 18.2 Å². The van der Waals surface area contributed by atoms with E-state index >= 15 is 0 Å². The number of nitrogens with zero attached hydrogens (tertiary/aromatic N) is 1. The van der Waals surface area contributed by atoms with E-state index in [-0.39, 0.29) is 12.3 Å². The Hall–Kier alpha value is -3.81. The summed E-state index contributed by atoms with van der Waals surface area (Å²) >= 11 is 0. The van der Waals surface area contributed by atoms with Gasteiger partial charge < -0.3 is 24.8 Å². The lowest BCUT2D eigenvalue weighted by Crippen LogP contribution is -2.20. The van der Waals surface area contributed by atoms with Crippen molar-refractivity contribution in [1.29, 1.82) is 0 Å². The Morgan fingerprint density at radius 3 is 2.57 bits per heavy atom. The van der Waals surface area contributed by atoms with E-state index in [0.717, 1.165) is 0 Å². The molecule has 1 atom stereocenters. The van der Waals surface area contributed by atoms with Crippen molar-refractivity contribution in [3.63, 3.8) is 0 Å². The summed E-state index contributed by atoms with van der Waals surface area (Å²) in [6.07, 6.45) is 6.09. The number of hydrogen-bond acceptors (Lipinski definition) is 8. The Morgan fingerprint density at radius 1 is 1.13 bits per heavy atom. The van der Waals surface area contributed by atoms with Gasteiger partial charge in [0.05, 0.1) is 32.2 Å². The summed E-state index contributed by atoms with van der Waals surface area (Å²) in [6.45, 7) is 1.98. The van der Waals surface area contributed by atoms with Crippen LogP contribution in [0, 0.1) is 0 Å². The maximum atomic E-state index is 12.3. The molecule has 2 rings (SSSR count). The average molecular weight is 411 g/mol. The van der Waals surface area contributed by atoms with Crippen molar-refractivity contribution in [3.05, 3.63) is 78.5 Å². The van der Waals surface area contributed by atoms with Crippen LogP contribution in [0.2, 0.25) is 0 Å². The van der Waals surface area contributed by atoms with Gasteiger partial charge in [0.25, 0.3) is 0 Å². The largest absolute Gasteiger partial charge is 0.495 e. The van der Waals surface area contributed by atoms with E-state index in [2.05, 4.69) is 15.6 Å². The lowest BCUT2D eigenvalue weighted by molar-refractivity contribution is -0.143. The van der Waals surface area contributed by atoms with E-state index < -0.39 is 17.9 Å². The van der Waals surface area contributed by atoms with Crippen LogP contribution < -0.4 is 15.4 Å². The number of carbonyl (C=O) groups is 2. The highest BCUT2D eigenvalue weighted by Crippen LogP contribution is 2.23. The van der Waals surface area contributed by atoms with Crippen LogP contribution in [0.5, 0.6) is 5.75 Å². The van der Waals surface area contributed by atoms with E-state index in [0.29, 0.717) is 17.1 Å². The van der Waals surface area contributed by atoms with Crippen LogP contribution in [0.4, 0.5) is 5.69 Å². The van der Waals surface area contributed by atoms with Crippen molar-refractivity contribution in [2.24, 2.45) is 0 Å². The third-order valence-corrected chi connectivity index (χ3v) is 3.96. The molecular formula is C22H25N3O5. The maximum absolute atomic E-state index is 12.3. The average Bonchev–Trinajstić information content (AvgIpc) is 2.79.